The molecule has 33 heavy (non-hydrogen) atoms. The molecule has 0 aromatic heterocycles. The Morgan fingerprint density at radius 1 is 0.788 bits per heavy atom. The summed E-state index contributed by atoms with van der Waals surface area (Å²) in [6.07, 6.45) is 18.1. The number of hydrogen-bond donors (Lipinski definition) is 2. The van der Waals surface area contributed by atoms with Crippen molar-refractivity contribution in [2.24, 2.45) is 0 Å². The fourth-order valence-corrected chi connectivity index (χ4v) is 3.95. The van der Waals surface area contributed by atoms with E-state index in [1.165, 1.54) is 51.4 Å². The van der Waals surface area contributed by atoms with Crippen LogP contribution in [0.3, 0.4) is 0 Å². The lowest BCUT2D eigenvalue weighted by Crippen LogP contribution is -2.40. The van der Waals surface area contributed by atoms with Gasteiger partial charge in [0.1, 0.15) is 18.6 Å². The first-order valence-electron chi connectivity index (χ1n) is 13.7. The zero-order chi connectivity index (χ0) is 24.6. The standard InChI is InChI=1S/C27H53NO5/c1-4-6-7-8-9-10-11-12-15-22-32-26(19-16-17-24(3)30)28-25(5-2)18-13-14-20-27(31)33-23-21-29/h25-26,28-29H,4-23H2,1-3H3. The quantitative estimate of drug-likeness (QED) is 0.0953. The molecule has 196 valence electrons. The van der Waals surface area contributed by atoms with Gasteiger partial charge in [-0.3, -0.25) is 10.1 Å². The van der Waals surface area contributed by atoms with Crippen molar-refractivity contribution in [3.05, 3.63) is 0 Å². The van der Waals surface area contributed by atoms with Crippen LogP contribution in [0.15, 0.2) is 0 Å². The van der Waals surface area contributed by atoms with Crippen molar-refractivity contribution in [3.8, 4) is 0 Å². The number of Topliss-reactive ketones (excluding diaryl/α,β-unsaturated/α-hetero) is 1. The highest BCUT2D eigenvalue weighted by Gasteiger charge is 2.15. The summed E-state index contributed by atoms with van der Waals surface area (Å²) in [5, 5.41) is 12.4. The molecule has 6 heteroatoms. The summed E-state index contributed by atoms with van der Waals surface area (Å²) in [5.41, 5.74) is 0. The molecule has 0 radical (unpaired) electrons. The Balaban J connectivity index is 4.16. The van der Waals surface area contributed by atoms with E-state index >= 15 is 0 Å². The molecule has 0 aromatic carbocycles. The topological polar surface area (TPSA) is 84.9 Å². The summed E-state index contributed by atoms with van der Waals surface area (Å²) in [6, 6.07) is 0.337. The third-order valence-electron chi connectivity index (χ3n) is 6.01. The first-order valence-corrected chi connectivity index (χ1v) is 13.7. The Bertz CT molecular complexity index is 458. The minimum atomic E-state index is -0.239. The largest absolute Gasteiger partial charge is 0.463 e. The number of esters is 1. The van der Waals surface area contributed by atoms with Crippen molar-refractivity contribution < 1.29 is 24.2 Å². The Morgan fingerprint density at radius 2 is 1.45 bits per heavy atom. The summed E-state index contributed by atoms with van der Waals surface area (Å²) in [4.78, 5) is 22.9. The van der Waals surface area contributed by atoms with Crippen molar-refractivity contribution >= 4 is 11.8 Å². The minimum Gasteiger partial charge on any atom is -0.463 e. The lowest BCUT2D eigenvalue weighted by atomic mass is 10.0. The van der Waals surface area contributed by atoms with Crippen molar-refractivity contribution in [3.63, 3.8) is 0 Å². The van der Waals surface area contributed by atoms with Crippen LogP contribution in [-0.2, 0) is 19.1 Å². The van der Waals surface area contributed by atoms with Crippen LogP contribution in [-0.4, -0.2) is 48.9 Å². The van der Waals surface area contributed by atoms with Crippen LogP contribution in [0.5, 0.6) is 0 Å². The molecule has 0 saturated heterocycles. The number of aliphatic hydroxyl groups is 1. The normalized spacial score (nSPS) is 13.1. The Kier molecular flexibility index (Phi) is 23.4. The molecule has 2 atom stereocenters. The smallest absolute Gasteiger partial charge is 0.305 e. The number of ketones is 1. The lowest BCUT2D eigenvalue weighted by molar-refractivity contribution is -0.144. The predicted octanol–water partition coefficient (Wildman–Crippen LogP) is 6.08. The monoisotopic (exact) mass is 471 g/mol. The van der Waals surface area contributed by atoms with Gasteiger partial charge in [0.2, 0.25) is 0 Å². The Hall–Kier alpha value is -0.980. The summed E-state index contributed by atoms with van der Waals surface area (Å²) < 4.78 is 11.1. The third-order valence-corrected chi connectivity index (χ3v) is 6.01. The lowest BCUT2D eigenvalue weighted by Gasteiger charge is -2.25. The summed E-state index contributed by atoms with van der Waals surface area (Å²) >= 11 is 0. The van der Waals surface area contributed by atoms with Crippen LogP contribution in [0.1, 0.15) is 130 Å². The molecule has 0 saturated carbocycles. The maximum Gasteiger partial charge on any atom is 0.305 e. The van der Waals surface area contributed by atoms with Gasteiger partial charge in [-0.15, -0.1) is 0 Å². The Labute approximate surface area is 203 Å². The van der Waals surface area contributed by atoms with Gasteiger partial charge in [0.15, 0.2) is 0 Å². The average Bonchev–Trinajstić information content (AvgIpc) is 2.80. The zero-order valence-corrected chi connectivity index (χ0v) is 21.9. The number of carbonyl (C=O) groups is 2. The number of aliphatic hydroxyl groups excluding tert-OH is 1. The van der Waals surface area contributed by atoms with Gasteiger partial charge in [-0.1, -0.05) is 71.6 Å². The summed E-state index contributed by atoms with van der Waals surface area (Å²) in [6.45, 7) is 6.78. The van der Waals surface area contributed by atoms with Crippen LogP contribution in [0, 0.1) is 0 Å². The van der Waals surface area contributed by atoms with Crippen LogP contribution in [0.2, 0.25) is 0 Å². The molecule has 0 spiro atoms. The first-order chi connectivity index (χ1) is 16.0. The summed E-state index contributed by atoms with van der Waals surface area (Å²) in [7, 11) is 0. The van der Waals surface area contributed by atoms with E-state index in [2.05, 4.69) is 19.2 Å². The second-order valence-electron chi connectivity index (χ2n) is 9.24. The van der Waals surface area contributed by atoms with Gasteiger partial charge in [-0.05, 0) is 45.4 Å². The zero-order valence-electron chi connectivity index (χ0n) is 21.9. The molecule has 0 aliphatic rings. The van der Waals surface area contributed by atoms with Crippen LogP contribution in [0.25, 0.3) is 0 Å². The van der Waals surface area contributed by atoms with Gasteiger partial charge in [-0.2, -0.15) is 0 Å². The number of unbranched alkanes of at least 4 members (excludes halogenated alkanes) is 9. The number of rotatable bonds is 25. The van der Waals surface area contributed by atoms with Gasteiger partial charge in [0.05, 0.1) is 6.61 Å². The molecule has 0 heterocycles. The van der Waals surface area contributed by atoms with Crippen molar-refractivity contribution in [1.29, 1.82) is 0 Å². The van der Waals surface area contributed by atoms with E-state index < -0.39 is 0 Å². The number of hydrogen-bond acceptors (Lipinski definition) is 6. The maximum atomic E-state index is 11.5. The van der Waals surface area contributed by atoms with Crippen LogP contribution in [0.4, 0.5) is 0 Å². The van der Waals surface area contributed by atoms with E-state index in [4.69, 9.17) is 14.6 Å². The highest BCUT2D eigenvalue weighted by molar-refractivity contribution is 5.75. The van der Waals surface area contributed by atoms with E-state index in [1.807, 2.05) is 0 Å². The minimum absolute atomic E-state index is 0.0159. The highest BCUT2D eigenvalue weighted by atomic mass is 16.5. The third kappa shape index (κ3) is 22.6. The Morgan fingerprint density at radius 3 is 2.06 bits per heavy atom. The molecule has 0 aliphatic heterocycles. The molecule has 0 aromatic rings. The first kappa shape index (κ1) is 32.0. The van der Waals surface area contributed by atoms with Gasteiger partial charge in [0.25, 0.3) is 0 Å². The molecule has 6 nitrogen and oxygen atoms in total. The predicted molar refractivity (Wildman–Crippen MR) is 135 cm³/mol. The second kappa shape index (κ2) is 24.2. The van der Waals surface area contributed by atoms with Crippen molar-refractivity contribution in [1.82, 2.24) is 5.32 Å². The van der Waals surface area contributed by atoms with Crippen molar-refractivity contribution in [2.45, 2.75) is 142 Å². The molecule has 0 aliphatic carbocycles. The average molecular weight is 472 g/mol. The van der Waals surface area contributed by atoms with E-state index in [0.29, 0.717) is 18.9 Å². The molecule has 2 unspecified atom stereocenters. The number of ether oxygens (including phenoxy) is 2. The van der Waals surface area contributed by atoms with Gasteiger partial charge < -0.3 is 19.4 Å². The molecule has 0 amide bonds. The molecular weight excluding hydrogens is 418 g/mol. The van der Waals surface area contributed by atoms with Gasteiger partial charge in [0, 0.05) is 25.5 Å². The molecule has 0 rings (SSSR count). The van der Waals surface area contributed by atoms with E-state index in [1.54, 1.807) is 6.92 Å². The molecule has 0 bridgehead atoms. The van der Waals surface area contributed by atoms with Crippen LogP contribution < -0.4 is 5.32 Å². The van der Waals surface area contributed by atoms with Gasteiger partial charge in [-0.25, -0.2) is 0 Å². The fraction of sp³-hybridized carbons (Fsp3) is 0.926. The van der Waals surface area contributed by atoms with E-state index in [9.17, 15) is 9.59 Å². The van der Waals surface area contributed by atoms with E-state index in [-0.39, 0.29) is 31.2 Å². The molecule has 0 fully saturated rings. The van der Waals surface area contributed by atoms with E-state index in [0.717, 1.165) is 51.6 Å². The van der Waals surface area contributed by atoms with Crippen molar-refractivity contribution in [2.75, 3.05) is 19.8 Å². The fourth-order valence-electron chi connectivity index (χ4n) is 3.95. The SMILES string of the molecule is CCCCCCCCCCCOC(CCCC(C)=O)NC(CC)CCCCC(=O)OCCO. The number of nitrogens with one attached hydrogen (secondary N) is 1. The maximum absolute atomic E-state index is 11.5. The summed E-state index contributed by atoms with van der Waals surface area (Å²) in [5.74, 6) is -0.00993. The highest BCUT2D eigenvalue weighted by Crippen LogP contribution is 2.13. The number of carbonyl (C=O) groups excluding carboxylic acids is 2. The molecular formula is C27H53NO5. The van der Waals surface area contributed by atoms with Crippen LogP contribution >= 0.6 is 0 Å². The van der Waals surface area contributed by atoms with Gasteiger partial charge >= 0.3 is 5.97 Å². The molecule has 2 N–H and O–H groups in total. The second-order valence-corrected chi connectivity index (χ2v) is 9.24.